The van der Waals surface area contributed by atoms with Crippen LogP contribution < -0.4 is 5.48 Å². The zero-order valence-electron chi connectivity index (χ0n) is 17.3. The fraction of sp³-hybridized carbons (Fsp3) is 0.739. The molecule has 5 nitrogen and oxygen atoms in total. The molecule has 0 unspecified atom stereocenters. The van der Waals surface area contributed by atoms with Gasteiger partial charge >= 0.3 is 5.97 Å². The number of carbonyl (C=O) groups excluding carboxylic acids is 1. The first-order valence-electron chi connectivity index (χ1n) is 10.8. The summed E-state index contributed by atoms with van der Waals surface area (Å²) < 4.78 is 0. The summed E-state index contributed by atoms with van der Waals surface area (Å²) in [5.41, 5.74) is 5.54. The van der Waals surface area contributed by atoms with Crippen LogP contribution in [0, 0.1) is 34.5 Å². The molecule has 4 aliphatic rings. The molecule has 0 aliphatic heterocycles. The van der Waals surface area contributed by atoms with E-state index in [1.54, 1.807) is 6.92 Å². The lowest BCUT2D eigenvalue weighted by Gasteiger charge is -2.57. The highest BCUT2D eigenvalue weighted by Gasteiger charge is 2.59. The number of hydrogen-bond donors (Lipinski definition) is 2. The number of aliphatic carboxylic acids is 1. The third-order valence-corrected chi connectivity index (χ3v) is 8.69. The van der Waals surface area contributed by atoms with Crippen molar-refractivity contribution in [3.05, 3.63) is 23.4 Å². The van der Waals surface area contributed by atoms with Crippen molar-refractivity contribution >= 4 is 11.8 Å². The number of hydroxylamine groups is 1. The lowest BCUT2D eigenvalue weighted by Crippen LogP contribution is -2.50. The molecular weight excluding hydrogens is 354 g/mol. The van der Waals surface area contributed by atoms with Crippen LogP contribution in [0.5, 0.6) is 0 Å². The Morgan fingerprint density at radius 1 is 1.21 bits per heavy atom. The van der Waals surface area contributed by atoms with Crippen LogP contribution in [-0.2, 0) is 14.4 Å². The molecule has 0 radical (unpaired) electrons. The quantitative estimate of drug-likeness (QED) is 0.690. The van der Waals surface area contributed by atoms with E-state index in [4.69, 9.17) is 9.94 Å². The van der Waals surface area contributed by atoms with Crippen LogP contribution >= 0.6 is 0 Å². The molecule has 4 rings (SSSR count). The Morgan fingerprint density at radius 3 is 2.71 bits per heavy atom. The lowest BCUT2D eigenvalue weighted by molar-refractivity contribution is -0.144. The van der Waals surface area contributed by atoms with Gasteiger partial charge in [-0.1, -0.05) is 25.5 Å². The Morgan fingerprint density at radius 2 is 2.00 bits per heavy atom. The second-order valence-electron chi connectivity index (χ2n) is 9.94. The second kappa shape index (κ2) is 7.01. The summed E-state index contributed by atoms with van der Waals surface area (Å²) >= 11 is 0. The van der Waals surface area contributed by atoms with E-state index in [2.05, 4.69) is 31.5 Å². The first-order valence-corrected chi connectivity index (χ1v) is 10.8. The number of carboxylic acid groups (broad SMARTS) is 1. The Kier molecular flexibility index (Phi) is 4.93. The molecule has 2 N–H and O–H groups in total. The number of nitrogens with one attached hydrogen (secondary N) is 1. The molecule has 0 bridgehead atoms. The molecule has 0 aromatic heterocycles. The van der Waals surface area contributed by atoms with Crippen LogP contribution in [0.2, 0.25) is 0 Å². The Hall–Kier alpha value is -1.62. The number of rotatable bonds is 5. The van der Waals surface area contributed by atoms with E-state index >= 15 is 0 Å². The molecule has 0 aromatic rings. The number of allylic oxidation sites excluding steroid dienone is 3. The van der Waals surface area contributed by atoms with Gasteiger partial charge in [-0.2, -0.15) is 0 Å². The average molecular weight is 388 g/mol. The maximum absolute atomic E-state index is 12.2. The van der Waals surface area contributed by atoms with Gasteiger partial charge in [0.1, 0.15) is 5.78 Å². The smallest absolute Gasteiger partial charge is 0.332 e. The molecule has 0 spiro atoms. The number of hydrogen-bond acceptors (Lipinski definition) is 4. The van der Waals surface area contributed by atoms with Crippen molar-refractivity contribution in [2.75, 3.05) is 6.61 Å². The van der Waals surface area contributed by atoms with Crippen LogP contribution in [0.1, 0.15) is 65.7 Å². The third-order valence-electron chi connectivity index (χ3n) is 8.69. The molecule has 0 amide bonds. The first kappa shape index (κ1) is 19.7. The van der Waals surface area contributed by atoms with E-state index in [-0.39, 0.29) is 23.4 Å². The van der Waals surface area contributed by atoms with Crippen molar-refractivity contribution in [3.8, 4) is 0 Å². The highest BCUT2D eigenvalue weighted by molar-refractivity contribution is 5.79. The Bertz CT molecular complexity index is 741. The monoisotopic (exact) mass is 387 g/mol. The fourth-order valence-electron chi connectivity index (χ4n) is 7.34. The van der Waals surface area contributed by atoms with Crippen LogP contribution in [0.4, 0.5) is 0 Å². The average Bonchev–Trinajstić information content (AvgIpc) is 2.99. The van der Waals surface area contributed by atoms with Gasteiger partial charge in [0.25, 0.3) is 0 Å². The Labute approximate surface area is 167 Å². The van der Waals surface area contributed by atoms with Gasteiger partial charge in [0, 0.05) is 5.92 Å². The molecule has 154 valence electrons. The zero-order chi connectivity index (χ0) is 20.1. The predicted octanol–water partition coefficient (Wildman–Crippen LogP) is 4.25. The van der Waals surface area contributed by atoms with E-state index in [9.17, 15) is 9.59 Å². The molecule has 6 atom stereocenters. The van der Waals surface area contributed by atoms with Gasteiger partial charge in [0.2, 0.25) is 0 Å². The summed E-state index contributed by atoms with van der Waals surface area (Å²) in [4.78, 5) is 28.0. The molecule has 28 heavy (non-hydrogen) atoms. The van der Waals surface area contributed by atoms with Crippen molar-refractivity contribution < 1.29 is 19.5 Å². The molecular formula is C23H33NO4. The van der Waals surface area contributed by atoms with Crippen LogP contribution in [-0.4, -0.2) is 23.5 Å². The number of ketones is 1. The summed E-state index contributed by atoms with van der Waals surface area (Å²) in [6, 6.07) is 0. The molecule has 0 saturated heterocycles. The number of carboxylic acids is 1. The van der Waals surface area contributed by atoms with Gasteiger partial charge in [0.05, 0.1) is 5.70 Å². The summed E-state index contributed by atoms with van der Waals surface area (Å²) in [5.74, 6) is 1.75. The van der Waals surface area contributed by atoms with Crippen LogP contribution in [0.15, 0.2) is 23.4 Å². The minimum absolute atomic E-state index is 0.177. The summed E-state index contributed by atoms with van der Waals surface area (Å²) in [6.07, 6.45) is 12.3. The molecule has 3 fully saturated rings. The topological polar surface area (TPSA) is 75.6 Å². The number of fused-ring (bicyclic) bond motifs is 5. The second-order valence-corrected chi connectivity index (χ2v) is 9.94. The van der Waals surface area contributed by atoms with Crippen LogP contribution in [0.25, 0.3) is 0 Å². The summed E-state index contributed by atoms with van der Waals surface area (Å²) in [5, 5.41) is 8.73. The minimum atomic E-state index is -0.979. The fourth-order valence-corrected chi connectivity index (χ4v) is 7.34. The molecule has 0 aromatic carbocycles. The van der Waals surface area contributed by atoms with Gasteiger partial charge in [0.15, 0.2) is 6.61 Å². The molecule has 3 saturated carbocycles. The van der Waals surface area contributed by atoms with E-state index in [1.165, 1.54) is 31.3 Å². The van der Waals surface area contributed by atoms with E-state index < -0.39 is 5.97 Å². The van der Waals surface area contributed by atoms with Gasteiger partial charge in [-0.3, -0.25) is 15.1 Å². The zero-order valence-corrected chi connectivity index (χ0v) is 17.3. The summed E-state index contributed by atoms with van der Waals surface area (Å²) in [6.45, 7) is 6.25. The van der Waals surface area contributed by atoms with Crippen molar-refractivity contribution in [1.82, 2.24) is 5.48 Å². The number of Topliss-reactive ketones (excluding diaryl/α,β-unsaturated/α-hetero) is 1. The van der Waals surface area contributed by atoms with E-state index in [0.29, 0.717) is 17.6 Å². The number of carbonyl (C=O) groups is 2. The van der Waals surface area contributed by atoms with Crippen molar-refractivity contribution in [2.45, 2.75) is 65.7 Å². The maximum Gasteiger partial charge on any atom is 0.332 e. The molecule has 0 heterocycles. The van der Waals surface area contributed by atoms with Gasteiger partial charge in [-0.05, 0) is 86.5 Å². The van der Waals surface area contributed by atoms with Gasteiger partial charge in [-0.25, -0.2) is 4.79 Å². The summed E-state index contributed by atoms with van der Waals surface area (Å²) in [7, 11) is 0. The van der Waals surface area contributed by atoms with Gasteiger partial charge in [-0.15, -0.1) is 0 Å². The first-order chi connectivity index (χ1) is 13.3. The van der Waals surface area contributed by atoms with Gasteiger partial charge < -0.3 is 5.11 Å². The van der Waals surface area contributed by atoms with Crippen LogP contribution in [0.3, 0.4) is 0 Å². The maximum atomic E-state index is 12.2. The standard InChI is InChI=1S/C23H33NO4/c1-14(25)18-6-7-19-17-5-4-15-12-16(24-28-13-21(26)27)8-10-22(15,2)20(17)9-11-23(18,19)3/h8,12,17-20,24H,4-7,9-11,13H2,1-3H3,(H,26,27)/t17-,18-,19+,20-,22+,23+/m1/s1. The van der Waals surface area contributed by atoms with Crippen molar-refractivity contribution in [2.24, 2.45) is 34.5 Å². The predicted molar refractivity (Wildman–Crippen MR) is 106 cm³/mol. The molecule has 4 aliphatic carbocycles. The third kappa shape index (κ3) is 3.02. The lowest BCUT2D eigenvalue weighted by atomic mass is 9.47. The molecule has 5 heteroatoms. The van der Waals surface area contributed by atoms with Crippen molar-refractivity contribution in [1.29, 1.82) is 0 Å². The highest BCUT2D eigenvalue weighted by atomic mass is 16.7. The Balaban J connectivity index is 1.51. The SMILES string of the molecule is CC(=O)[C@H]1CC[C@H]2[C@H]3CCC4=CC(NOCC(=O)O)=CC[C@]4(C)[C@@H]3CC[C@@]12C. The largest absolute Gasteiger partial charge is 0.479 e. The van der Waals surface area contributed by atoms with E-state index in [0.717, 1.165) is 30.9 Å². The minimum Gasteiger partial charge on any atom is -0.479 e. The van der Waals surface area contributed by atoms with E-state index in [1.807, 2.05) is 0 Å². The van der Waals surface area contributed by atoms with Crippen molar-refractivity contribution in [3.63, 3.8) is 0 Å². The highest BCUT2D eigenvalue weighted by Crippen LogP contribution is 2.66. The normalized spacial score (nSPS) is 41.8.